The number of hydrogen-bond acceptors (Lipinski definition) is 2. The molecule has 0 saturated heterocycles. The van der Waals surface area contributed by atoms with E-state index in [0.29, 0.717) is 11.3 Å². The fourth-order valence-corrected chi connectivity index (χ4v) is 1.50. The minimum atomic E-state index is -0.530. The molecule has 1 aromatic carbocycles. The number of hydrogen-bond donors (Lipinski definition) is 0. The van der Waals surface area contributed by atoms with E-state index in [1.165, 1.54) is 30.3 Å². The average Bonchev–Trinajstić information content (AvgIpc) is 2.32. The molecule has 1 heterocycles. The summed E-state index contributed by atoms with van der Waals surface area (Å²) in [6.45, 7) is 0. The first kappa shape index (κ1) is 11.2. The largest absolute Gasteiger partial charge is 0.249 e. The molecule has 17 heavy (non-hydrogen) atoms. The third kappa shape index (κ3) is 2.45. The topological polar surface area (TPSA) is 36.7 Å². The number of benzene rings is 1. The van der Waals surface area contributed by atoms with Crippen molar-refractivity contribution in [3.05, 3.63) is 53.7 Å². The summed E-state index contributed by atoms with van der Waals surface area (Å²) in [6, 6.07) is 10.2. The van der Waals surface area contributed by atoms with Gasteiger partial charge in [-0.15, -0.1) is 0 Å². The van der Waals surface area contributed by atoms with Crippen LogP contribution in [0, 0.1) is 23.0 Å². The molecule has 0 amide bonds. The van der Waals surface area contributed by atoms with Crippen molar-refractivity contribution in [1.29, 1.82) is 5.26 Å². The van der Waals surface area contributed by atoms with Gasteiger partial charge in [0.15, 0.2) is 0 Å². The van der Waals surface area contributed by atoms with Crippen molar-refractivity contribution in [2.45, 2.75) is 6.42 Å². The van der Waals surface area contributed by atoms with E-state index < -0.39 is 11.6 Å². The van der Waals surface area contributed by atoms with Gasteiger partial charge in [-0.2, -0.15) is 5.26 Å². The monoisotopic (exact) mass is 230 g/mol. The van der Waals surface area contributed by atoms with Crippen molar-refractivity contribution in [3.63, 3.8) is 0 Å². The highest BCUT2D eigenvalue weighted by Gasteiger charge is 2.08. The molecule has 2 nitrogen and oxygen atoms in total. The van der Waals surface area contributed by atoms with Crippen LogP contribution in [0.4, 0.5) is 8.78 Å². The minimum Gasteiger partial charge on any atom is -0.249 e. The molecule has 0 spiro atoms. The molecule has 84 valence electrons. The molecule has 0 bridgehead atoms. The van der Waals surface area contributed by atoms with E-state index in [0.717, 1.165) is 0 Å². The Bertz CT molecular complexity index is 588. The SMILES string of the molecule is N#CCc1ccc(F)c(-c2cccc(F)c2)n1. The van der Waals surface area contributed by atoms with Crippen LogP contribution in [0.2, 0.25) is 0 Å². The van der Waals surface area contributed by atoms with Crippen LogP contribution in [0.1, 0.15) is 5.69 Å². The minimum absolute atomic E-state index is 0.0669. The molecule has 0 fully saturated rings. The van der Waals surface area contributed by atoms with Crippen molar-refractivity contribution >= 4 is 0 Å². The molecular formula is C13H8F2N2. The molecule has 0 aliphatic rings. The molecule has 2 aromatic rings. The summed E-state index contributed by atoms with van der Waals surface area (Å²) in [5.74, 6) is -0.980. The second-order valence-corrected chi connectivity index (χ2v) is 3.48. The Morgan fingerprint density at radius 3 is 2.71 bits per heavy atom. The molecule has 4 heteroatoms. The van der Waals surface area contributed by atoms with Gasteiger partial charge in [0.1, 0.15) is 17.3 Å². The van der Waals surface area contributed by atoms with Crippen LogP contribution in [-0.4, -0.2) is 4.98 Å². The number of nitriles is 1. The number of rotatable bonds is 2. The zero-order chi connectivity index (χ0) is 12.3. The lowest BCUT2D eigenvalue weighted by Crippen LogP contribution is -1.95. The lowest BCUT2D eigenvalue weighted by Gasteiger charge is -2.04. The smallest absolute Gasteiger partial charge is 0.149 e. The fourth-order valence-electron chi connectivity index (χ4n) is 1.50. The van der Waals surface area contributed by atoms with Gasteiger partial charge in [-0.3, -0.25) is 0 Å². The highest BCUT2D eigenvalue weighted by molar-refractivity contribution is 5.59. The Hall–Kier alpha value is -2.28. The highest BCUT2D eigenvalue weighted by Crippen LogP contribution is 2.21. The number of nitrogens with zero attached hydrogens (tertiary/aromatic N) is 2. The zero-order valence-corrected chi connectivity index (χ0v) is 8.82. The van der Waals surface area contributed by atoms with Crippen molar-refractivity contribution in [2.75, 3.05) is 0 Å². The van der Waals surface area contributed by atoms with Crippen LogP contribution in [0.5, 0.6) is 0 Å². The number of halogens is 2. The van der Waals surface area contributed by atoms with Gasteiger partial charge in [0.2, 0.25) is 0 Å². The van der Waals surface area contributed by atoms with Gasteiger partial charge in [0.05, 0.1) is 18.2 Å². The first-order valence-corrected chi connectivity index (χ1v) is 4.99. The molecular weight excluding hydrogens is 222 g/mol. The highest BCUT2D eigenvalue weighted by atomic mass is 19.1. The van der Waals surface area contributed by atoms with Gasteiger partial charge >= 0.3 is 0 Å². The fraction of sp³-hybridized carbons (Fsp3) is 0.0769. The van der Waals surface area contributed by atoms with Crippen LogP contribution in [-0.2, 0) is 6.42 Å². The third-order valence-electron chi connectivity index (χ3n) is 2.26. The van der Waals surface area contributed by atoms with Gasteiger partial charge in [0, 0.05) is 5.56 Å². The molecule has 2 rings (SSSR count). The molecule has 0 atom stereocenters. The molecule has 0 unspecified atom stereocenters. The maximum atomic E-state index is 13.6. The molecule has 0 N–H and O–H groups in total. The lowest BCUT2D eigenvalue weighted by atomic mass is 10.1. The van der Waals surface area contributed by atoms with Crippen LogP contribution < -0.4 is 0 Å². The summed E-state index contributed by atoms with van der Waals surface area (Å²) in [5.41, 5.74) is 0.896. The Balaban J connectivity index is 2.51. The molecule has 0 radical (unpaired) electrons. The summed E-state index contributed by atoms with van der Waals surface area (Å²) in [4.78, 5) is 4.01. The van der Waals surface area contributed by atoms with Crippen molar-refractivity contribution in [2.24, 2.45) is 0 Å². The van der Waals surface area contributed by atoms with E-state index in [1.54, 1.807) is 6.07 Å². The normalized spacial score (nSPS) is 9.94. The number of aromatic nitrogens is 1. The third-order valence-corrected chi connectivity index (χ3v) is 2.26. The van der Waals surface area contributed by atoms with E-state index in [1.807, 2.05) is 6.07 Å². The summed E-state index contributed by atoms with van der Waals surface area (Å²) in [6.07, 6.45) is 0.0998. The quantitative estimate of drug-likeness (QED) is 0.794. The summed E-state index contributed by atoms with van der Waals surface area (Å²) < 4.78 is 26.6. The van der Waals surface area contributed by atoms with Crippen LogP contribution in [0.25, 0.3) is 11.3 Å². The van der Waals surface area contributed by atoms with Crippen molar-refractivity contribution in [3.8, 4) is 17.3 Å². The average molecular weight is 230 g/mol. The lowest BCUT2D eigenvalue weighted by molar-refractivity contribution is 0.620. The Morgan fingerprint density at radius 1 is 1.18 bits per heavy atom. The number of pyridine rings is 1. The van der Waals surface area contributed by atoms with Crippen molar-refractivity contribution < 1.29 is 8.78 Å². The van der Waals surface area contributed by atoms with Gasteiger partial charge < -0.3 is 0 Å². The summed E-state index contributed by atoms with van der Waals surface area (Å²) >= 11 is 0. The van der Waals surface area contributed by atoms with Gasteiger partial charge in [-0.05, 0) is 24.3 Å². The second-order valence-electron chi connectivity index (χ2n) is 3.48. The van der Waals surface area contributed by atoms with Crippen LogP contribution >= 0.6 is 0 Å². The van der Waals surface area contributed by atoms with Gasteiger partial charge in [-0.1, -0.05) is 12.1 Å². The predicted octanol–water partition coefficient (Wildman–Crippen LogP) is 3.09. The van der Waals surface area contributed by atoms with Crippen molar-refractivity contribution in [1.82, 2.24) is 4.98 Å². The molecule has 0 saturated carbocycles. The second kappa shape index (κ2) is 4.71. The molecule has 0 aliphatic heterocycles. The van der Waals surface area contributed by atoms with Crippen LogP contribution in [0.15, 0.2) is 36.4 Å². The zero-order valence-electron chi connectivity index (χ0n) is 8.82. The first-order chi connectivity index (χ1) is 8.20. The Labute approximate surface area is 97.2 Å². The van der Waals surface area contributed by atoms with E-state index >= 15 is 0 Å². The van der Waals surface area contributed by atoms with Gasteiger partial charge in [-0.25, -0.2) is 13.8 Å². The van der Waals surface area contributed by atoms with Crippen LogP contribution in [0.3, 0.4) is 0 Å². The Kier molecular flexibility index (Phi) is 3.10. The maximum absolute atomic E-state index is 13.6. The van der Waals surface area contributed by atoms with E-state index in [2.05, 4.69) is 4.98 Å². The van der Waals surface area contributed by atoms with Gasteiger partial charge in [0.25, 0.3) is 0 Å². The van der Waals surface area contributed by atoms with E-state index in [4.69, 9.17) is 5.26 Å². The Morgan fingerprint density at radius 2 is 2.00 bits per heavy atom. The molecule has 0 aliphatic carbocycles. The van der Waals surface area contributed by atoms with E-state index in [-0.39, 0.29) is 12.1 Å². The first-order valence-electron chi connectivity index (χ1n) is 4.99. The maximum Gasteiger partial charge on any atom is 0.149 e. The summed E-state index contributed by atoms with van der Waals surface area (Å²) in [5, 5.41) is 8.55. The standard InChI is InChI=1S/C13H8F2N2/c14-10-3-1-2-9(8-10)13-12(15)5-4-11(17-13)6-7-16/h1-5,8H,6H2. The predicted molar refractivity (Wildman–Crippen MR) is 58.9 cm³/mol. The van der Waals surface area contributed by atoms with E-state index in [9.17, 15) is 8.78 Å². The molecule has 1 aromatic heterocycles. The summed E-state index contributed by atoms with van der Waals surface area (Å²) in [7, 11) is 0.